The van der Waals surface area contributed by atoms with Crippen molar-refractivity contribution in [1.82, 2.24) is 0 Å². The summed E-state index contributed by atoms with van der Waals surface area (Å²) in [6.45, 7) is 7.65. The van der Waals surface area contributed by atoms with Gasteiger partial charge in [0.15, 0.2) is 0 Å². The van der Waals surface area contributed by atoms with E-state index in [4.69, 9.17) is 4.74 Å². The molecule has 1 N–H and O–H groups in total. The Balaban J connectivity index is 2.10. The average molecular weight is 212 g/mol. The maximum absolute atomic E-state index is 10.9. The van der Waals surface area contributed by atoms with Gasteiger partial charge >= 0.3 is 5.97 Å². The Morgan fingerprint density at radius 2 is 1.93 bits per heavy atom. The molecule has 0 heterocycles. The van der Waals surface area contributed by atoms with Crippen LogP contribution in [0.2, 0.25) is 0 Å². The van der Waals surface area contributed by atoms with Crippen LogP contribution in [0.25, 0.3) is 0 Å². The fraction of sp³-hybridized carbons (Fsp3) is 0.917. The van der Waals surface area contributed by atoms with E-state index in [9.17, 15) is 9.90 Å². The molecule has 0 radical (unpaired) electrons. The highest BCUT2D eigenvalue weighted by Crippen LogP contribution is 2.66. The minimum atomic E-state index is -0.847. The second-order valence-corrected chi connectivity index (χ2v) is 5.93. The molecule has 0 amide bonds. The highest BCUT2D eigenvalue weighted by atomic mass is 16.6. The first-order valence-electron chi connectivity index (χ1n) is 5.65. The molecule has 3 heteroatoms. The Kier molecular flexibility index (Phi) is 2.16. The topological polar surface area (TPSA) is 46.5 Å². The minimum absolute atomic E-state index is 0.294. The van der Waals surface area contributed by atoms with Gasteiger partial charge in [0.05, 0.1) is 5.60 Å². The van der Waals surface area contributed by atoms with E-state index in [1.54, 1.807) is 6.92 Å². The molecule has 0 aromatic carbocycles. The summed E-state index contributed by atoms with van der Waals surface area (Å²) in [7, 11) is 0. The molecule has 2 saturated carbocycles. The van der Waals surface area contributed by atoms with Gasteiger partial charge in [0.1, 0.15) is 6.10 Å². The third-order valence-corrected chi connectivity index (χ3v) is 4.39. The lowest BCUT2D eigenvalue weighted by atomic mass is 9.84. The van der Waals surface area contributed by atoms with Crippen LogP contribution in [0, 0.1) is 17.3 Å². The SMILES string of the molecule is CC(=O)O[C@H]1C[C@H]2[C@H](C[C@@]1(C)O)C2(C)C. The minimum Gasteiger partial charge on any atom is -0.459 e. The van der Waals surface area contributed by atoms with Crippen LogP contribution in [0.1, 0.15) is 40.5 Å². The van der Waals surface area contributed by atoms with Gasteiger partial charge in [0.25, 0.3) is 0 Å². The monoisotopic (exact) mass is 212 g/mol. The molecular weight excluding hydrogens is 192 g/mol. The number of carbonyl (C=O) groups is 1. The van der Waals surface area contributed by atoms with E-state index < -0.39 is 5.60 Å². The number of ether oxygens (including phenoxy) is 1. The van der Waals surface area contributed by atoms with Crippen LogP contribution in [0.5, 0.6) is 0 Å². The van der Waals surface area contributed by atoms with Crippen LogP contribution >= 0.6 is 0 Å². The first-order chi connectivity index (χ1) is 6.75. The number of rotatable bonds is 1. The Labute approximate surface area is 90.8 Å². The molecule has 86 valence electrons. The number of aliphatic hydroxyl groups is 1. The molecule has 0 aromatic rings. The first kappa shape index (κ1) is 10.9. The summed E-state index contributed by atoms with van der Waals surface area (Å²) in [5.41, 5.74) is -0.528. The predicted octanol–water partition coefficient (Wildman–Crippen LogP) is 1.74. The first-order valence-corrected chi connectivity index (χ1v) is 5.65. The molecule has 15 heavy (non-hydrogen) atoms. The fourth-order valence-electron chi connectivity index (χ4n) is 3.17. The van der Waals surface area contributed by atoms with Gasteiger partial charge in [0, 0.05) is 6.92 Å². The average Bonchev–Trinajstić information content (AvgIpc) is 2.52. The zero-order valence-corrected chi connectivity index (χ0v) is 9.91. The number of carbonyl (C=O) groups excluding carboxylic acids is 1. The molecule has 0 aliphatic heterocycles. The lowest BCUT2D eigenvalue weighted by molar-refractivity contribution is -0.166. The van der Waals surface area contributed by atoms with E-state index in [1.165, 1.54) is 6.92 Å². The van der Waals surface area contributed by atoms with Gasteiger partial charge < -0.3 is 9.84 Å². The lowest BCUT2D eigenvalue weighted by Crippen LogP contribution is -2.45. The van der Waals surface area contributed by atoms with E-state index in [2.05, 4.69) is 13.8 Å². The van der Waals surface area contributed by atoms with Gasteiger partial charge in [-0.2, -0.15) is 0 Å². The highest BCUT2D eigenvalue weighted by molar-refractivity contribution is 5.66. The molecule has 0 spiro atoms. The van der Waals surface area contributed by atoms with Crippen LogP contribution in [-0.2, 0) is 9.53 Å². The standard InChI is InChI=1S/C12H20O3/c1-7(13)15-10-5-8-9(11(8,2)3)6-12(10,4)14/h8-10,14H,5-6H2,1-4H3/t8-,9-,10-,12+/m0/s1. The summed E-state index contributed by atoms with van der Waals surface area (Å²) in [5, 5.41) is 10.2. The van der Waals surface area contributed by atoms with E-state index in [1.807, 2.05) is 0 Å². The summed E-state index contributed by atoms with van der Waals surface area (Å²) >= 11 is 0. The molecule has 0 unspecified atom stereocenters. The maximum atomic E-state index is 10.9. The fourth-order valence-corrected chi connectivity index (χ4v) is 3.17. The Morgan fingerprint density at radius 3 is 2.47 bits per heavy atom. The molecule has 3 nitrogen and oxygen atoms in total. The number of fused-ring (bicyclic) bond motifs is 1. The van der Waals surface area contributed by atoms with Gasteiger partial charge in [0.2, 0.25) is 0 Å². The van der Waals surface area contributed by atoms with E-state index >= 15 is 0 Å². The molecule has 0 aromatic heterocycles. The summed E-state index contributed by atoms with van der Waals surface area (Å²) in [5.74, 6) is 0.915. The van der Waals surface area contributed by atoms with Crippen molar-refractivity contribution in [3.8, 4) is 0 Å². The number of hydrogen-bond donors (Lipinski definition) is 1. The second-order valence-electron chi connectivity index (χ2n) is 5.93. The van der Waals surface area contributed by atoms with Crippen molar-refractivity contribution in [1.29, 1.82) is 0 Å². The lowest BCUT2D eigenvalue weighted by Gasteiger charge is -2.35. The van der Waals surface area contributed by atoms with Gasteiger partial charge in [-0.05, 0) is 37.0 Å². The Morgan fingerprint density at radius 1 is 1.33 bits per heavy atom. The van der Waals surface area contributed by atoms with Crippen molar-refractivity contribution in [3.63, 3.8) is 0 Å². The normalized spacial score (nSPS) is 46.9. The van der Waals surface area contributed by atoms with Crippen molar-refractivity contribution < 1.29 is 14.6 Å². The zero-order chi connectivity index (χ0) is 11.4. The molecule has 2 fully saturated rings. The predicted molar refractivity (Wildman–Crippen MR) is 56.2 cm³/mol. The van der Waals surface area contributed by atoms with Gasteiger partial charge in [-0.15, -0.1) is 0 Å². The van der Waals surface area contributed by atoms with E-state index in [0.717, 1.165) is 12.8 Å². The van der Waals surface area contributed by atoms with Crippen LogP contribution < -0.4 is 0 Å². The third-order valence-electron chi connectivity index (χ3n) is 4.39. The summed E-state index contributed by atoms with van der Waals surface area (Å²) in [4.78, 5) is 10.9. The quantitative estimate of drug-likeness (QED) is 0.673. The van der Waals surface area contributed by atoms with Gasteiger partial charge in [-0.25, -0.2) is 0 Å². The smallest absolute Gasteiger partial charge is 0.303 e. The summed E-state index contributed by atoms with van der Waals surface area (Å²) in [6.07, 6.45) is 1.24. The molecular formula is C12H20O3. The van der Waals surface area contributed by atoms with Crippen molar-refractivity contribution in [2.45, 2.75) is 52.2 Å². The van der Waals surface area contributed by atoms with Crippen LogP contribution in [-0.4, -0.2) is 22.8 Å². The number of esters is 1. The molecule has 2 aliphatic rings. The van der Waals surface area contributed by atoms with Crippen molar-refractivity contribution in [2.24, 2.45) is 17.3 Å². The van der Waals surface area contributed by atoms with Crippen molar-refractivity contribution >= 4 is 5.97 Å². The molecule has 2 rings (SSSR count). The highest BCUT2D eigenvalue weighted by Gasteiger charge is 2.64. The van der Waals surface area contributed by atoms with Crippen molar-refractivity contribution in [2.75, 3.05) is 0 Å². The van der Waals surface area contributed by atoms with E-state index in [0.29, 0.717) is 17.3 Å². The second kappa shape index (κ2) is 2.97. The van der Waals surface area contributed by atoms with Gasteiger partial charge in [-0.1, -0.05) is 13.8 Å². The molecule has 0 bridgehead atoms. The van der Waals surface area contributed by atoms with Gasteiger partial charge in [-0.3, -0.25) is 4.79 Å². The summed E-state index contributed by atoms with van der Waals surface area (Å²) in [6, 6.07) is 0. The van der Waals surface area contributed by atoms with Crippen LogP contribution in [0.3, 0.4) is 0 Å². The van der Waals surface area contributed by atoms with Crippen LogP contribution in [0.4, 0.5) is 0 Å². The Bertz CT molecular complexity index is 293. The molecule has 4 atom stereocenters. The van der Waals surface area contributed by atoms with Crippen LogP contribution in [0.15, 0.2) is 0 Å². The van der Waals surface area contributed by atoms with Crippen molar-refractivity contribution in [3.05, 3.63) is 0 Å². The zero-order valence-electron chi connectivity index (χ0n) is 9.91. The largest absolute Gasteiger partial charge is 0.459 e. The Hall–Kier alpha value is -0.570. The number of hydrogen-bond acceptors (Lipinski definition) is 3. The summed E-state index contributed by atoms with van der Waals surface area (Å²) < 4.78 is 5.21. The van der Waals surface area contributed by atoms with E-state index in [-0.39, 0.29) is 12.1 Å². The third kappa shape index (κ3) is 1.67. The molecule has 0 saturated heterocycles. The molecule has 2 aliphatic carbocycles. The maximum Gasteiger partial charge on any atom is 0.303 e.